The van der Waals surface area contributed by atoms with Gasteiger partial charge >= 0.3 is 0 Å². The molecule has 4 N–H and O–H groups in total. The summed E-state index contributed by atoms with van der Waals surface area (Å²) in [6.07, 6.45) is 0. The van der Waals surface area contributed by atoms with Crippen molar-refractivity contribution in [1.82, 2.24) is 10.6 Å². The maximum Gasteiger partial charge on any atom is 0.284 e. The summed E-state index contributed by atoms with van der Waals surface area (Å²) in [5.41, 5.74) is 6.23. The highest BCUT2D eigenvalue weighted by Crippen LogP contribution is 2.17. The first kappa shape index (κ1) is 21.3. The van der Waals surface area contributed by atoms with Gasteiger partial charge in [-0.15, -0.1) is 24.0 Å². The van der Waals surface area contributed by atoms with E-state index in [1.807, 2.05) is 38.1 Å². The average molecular weight is 477 g/mol. The molecule has 0 radical (unpaired) electrons. The Morgan fingerprint density at radius 3 is 2.72 bits per heavy atom. The lowest BCUT2D eigenvalue weighted by molar-refractivity contribution is 0.0972. The van der Waals surface area contributed by atoms with Crippen molar-refractivity contribution < 1.29 is 9.21 Å². The normalized spacial score (nSPS) is 12.2. The predicted octanol–water partition coefficient (Wildman–Crippen LogP) is 3.47. The van der Waals surface area contributed by atoms with Gasteiger partial charge in [0.25, 0.3) is 5.91 Å². The predicted molar refractivity (Wildman–Crippen MR) is 110 cm³/mol. The summed E-state index contributed by atoms with van der Waals surface area (Å²) in [4.78, 5) is 15.5. The van der Waals surface area contributed by atoms with Crippen LogP contribution in [0.4, 0.5) is 0 Å². The van der Waals surface area contributed by atoms with Gasteiger partial charge in [0.1, 0.15) is 12.3 Å². The van der Waals surface area contributed by atoms with Gasteiger partial charge < -0.3 is 20.8 Å². The van der Waals surface area contributed by atoms with Crippen molar-refractivity contribution in [3.05, 3.63) is 58.5 Å². The van der Waals surface area contributed by atoms with Crippen LogP contribution in [0.5, 0.6) is 0 Å². The monoisotopic (exact) mass is 476 g/mol. The summed E-state index contributed by atoms with van der Waals surface area (Å²) < 4.78 is 5.32. The van der Waals surface area contributed by atoms with E-state index in [0.29, 0.717) is 23.3 Å². The van der Waals surface area contributed by atoms with Gasteiger partial charge in [0, 0.05) is 11.6 Å². The maximum absolute atomic E-state index is 11.0. The van der Waals surface area contributed by atoms with Crippen LogP contribution >= 0.6 is 35.6 Å². The van der Waals surface area contributed by atoms with E-state index in [9.17, 15) is 4.79 Å². The molecule has 0 aliphatic heterocycles. The molecule has 8 heteroatoms. The molecule has 0 spiro atoms. The van der Waals surface area contributed by atoms with E-state index in [2.05, 4.69) is 15.6 Å². The zero-order valence-corrected chi connectivity index (χ0v) is 17.2. The molecule has 0 fully saturated rings. The average Bonchev–Trinajstić information content (AvgIpc) is 3.02. The number of benzene rings is 1. The van der Waals surface area contributed by atoms with Crippen molar-refractivity contribution in [2.24, 2.45) is 10.7 Å². The number of nitrogens with zero attached hydrogens (tertiary/aromatic N) is 1. The number of rotatable bonds is 6. The van der Waals surface area contributed by atoms with Crippen molar-refractivity contribution in [1.29, 1.82) is 0 Å². The summed E-state index contributed by atoms with van der Waals surface area (Å²) in [5.74, 6) is 0.744. The molecule has 136 valence electrons. The summed E-state index contributed by atoms with van der Waals surface area (Å²) in [5, 5.41) is 7.17. The SMILES string of the molecule is CCNC(=NCc1ccc(C(N)=O)o1)NC(C)c1cccc(Cl)c1.I. The number of carbonyl (C=O) groups excluding carboxylic acids is 1. The van der Waals surface area contributed by atoms with Gasteiger partial charge in [-0.3, -0.25) is 4.79 Å². The molecule has 0 aliphatic carbocycles. The Hall–Kier alpha value is -1.74. The van der Waals surface area contributed by atoms with Crippen LogP contribution in [0.15, 0.2) is 45.8 Å². The van der Waals surface area contributed by atoms with Crippen LogP contribution in [-0.4, -0.2) is 18.4 Å². The second kappa shape index (κ2) is 10.3. The molecule has 1 atom stereocenters. The second-order valence-corrected chi connectivity index (χ2v) is 5.68. The van der Waals surface area contributed by atoms with Crippen molar-refractivity contribution in [2.45, 2.75) is 26.4 Å². The number of halogens is 2. The number of carbonyl (C=O) groups is 1. The molecule has 0 bridgehead atoms. The van der Waals surface area contributed by atoms with E-state index < -0.39 is 5.91 Å². The van der Waals surface area contributed by atoms with Crippen LogP contribution in [0.1, 0.15) is 41.8 Å². The Kier molecular flexibility index (Phi) is 8.77. The summed E-state index contributed by atoms with van der Waals surface area (Å²) in [6.45, 7) is 5.03. The van der Waals surface area contributed by atoms with Crippen LogP contribution in [0.25, 0.3) is 0 Å². The van der Waals surface area contributed by atoms with Gasteiger partial charge in [0.05, 0.1) is 6.04 Å². The van der Waals surface area contributed by atoms with Crippen LogP contribution in [0.2, 0.25) is 5.02 Å². The van der Waals surface area contributed by atoms with E-state index in [0.717, 1.165) is 12.1 Å². The number of amides is 1. The van der Waals surface area contributed by atoms with Crippen LogP contribution in [0, 0.1) is 0 Å². The quantitative estimate of drug-likeness (QED) is 0.338. The van der Waals surface area contributed by atoms with Gasteiger partial charge in [-0.1, -0.05) is 23.7 Å². The molecule has 25 heavy (non-hydrogen) atoms. The number of hydrogen-bond acceptors (Lipinski definition) is 3. The molecular formula is C17H22ClIN4O2. The van der Waals surface area contributed by atoms with Gasteiger partial charge in [0.2, 0.25) is 0 Å². The minimum absolute atomic E-state index is 0. The Morgan fingerprint density at radius 2 is 2.12 bits per heavy atom. The number of primary amides is 1. The molecule has 1 amide bonds. The second-order valence-electron chi connectivity index (χ2n) is 5.25. The highest BCUT2D eigenvalue weighted by Gasteiger charge is 2.10. The zero-order valence-electron chi connectivity index (χ0n) is 14.1. The molecule has 2 rings (SSSR count). The third-order valence-electron chi connectivity index (χ3n) is 3.34. The Bertz CT molecular complexity index is 733. The standard InChI is InChI=1S/C17H21ClN4O2.HI/c1-3-20-17(21-10-14-7-8-15(24-14)16(19)23)22-11(2)12-5-4-6-13(18)9-12;/h4-9,11H,3,10H2,1-2H3,(H2,19,23)(H2,20,21,22);1H. The lowest BCUT2D eigenvalue weighted by Gasteiger charge is -2.18. The topological polar surface area (TPSA) is 92.6 Å². The van der Waals surface area contributed by atoms with Gasteiger partial charge in [-0.25, -0.2) is 4.99 Å². The molecule has 0 saturated carbocycles. The van der Waals surface area contributed by atoms with E-state index in [1.54, 1.807) is 12.1 Å². The van der Waals surface area contributed by atoms with E-state index >= 15 is 0 Å². The number of nitrogens with one attached hydrogen (secondary N) is 2. The van der Waals surface area contributed by atoms with Gasteiger partial charge in [-0.05, 0) is 43.7 Å². The fourth-order valence-corrected chi connectivity index (χ4v) is 2.34. The number of guanidine groups is 1. The lowest BCUT2D eigenvalue weighted by atomic mass is 10.1. The summed E-state index contributed by atoms with van der Waals surface area (Å²) in [7, 11) is 0. The summed E-state index contributed by atoms with van der Waals surface area (Å²) in [6, 6.07) is 10.9. The van der Waals surface area contributed by atoms with Crippen LogP contribution in [-0.2, 0) is 6.54 Å². The fourth-order valence-electron chi connectivity index (χ4n) is 2.14. The van der Waals surface area contributed by atoms with Gasteiger partial charge in [-0.2, -0.15) is 0 Å². The lowest BCUT2D eigenvalue weighted by Crippen LogP contribution is -2.38. The third kappa shape index (κ3) is 6.58. The Labute approximate surface area is 169 Å². The highest BCUT2D eigenvalue weighted by molar-refractivity contribution is 14.0. The van der Waals surface area contributed by atoms with Crippen molar-refractivity contribution in [3.63, 3.8) is 0 Å². The fraction of sp³-hybridized carbons (Fsp3) is 0.294. The Morgan fingerprint density at radius 1 is 1.36 bits per heavy atom. The van der Waals surface area contributed by atoms with Gasteiger partial charge in [0.15, 0.2) is 11.7 Å². The molecule has 0 saturated heterocycles. The molecule has 1 unspecified atom stereocenters. The molecule has 0 aliphatic rings. The van der Waals surface area contributed by atoms with Crippen molar-refractivity contribution in [3.8, 4) is 0 Å². The van der Waals surface area contributed by atoms with Crippen LogP contribution in [0.3, 0.4) is 0 Å². The Balaban J connectivity index is 0.00000312. The largest absolute Gasteiger partial charge is 0.454 e. The summed E-state index contributed by atoms with van der Waals surface area (Å²) >= 11 is 6.03. The minimum Gasteiger partial charge on any atom is -0.454 e. The molecule has 1 heterocycles. The van der Waals surface area contributed by atoms with E-state index in [1.165, 1.54) is 0 Å². The zero-order chi connectivity index (χ0) is 17.5. The first-order valence-corrected chi connectivity index (χ1v) is 8.06. The number of aliphatic imine (C=N–C) groups is 1. The first-order valence-electron chi connectivity index (χ1n) is 7.68. The number of furan rings is 1. The maximum atomic E-state index is 11.0. The number of nitrogens with two attached hydrogens (primary N) is 1. The highest BCUT2D eigenvalue weighted by atomic mass is 127. The molecule has 2 aromatic rings. The van der Waals surface area contributed by atoms with Crippen molar-refractivity contribution in [2.75, 3.05) is 6.54 Å². The molecular weight excluding hydrogens is 455 g/mol. The molecule has 6 nitrogen and oxygen atoms in total. The molecule has 1 aromatic carbocycles. The first-order chi connectivity index (χ1) is 11.5. The van der Waals surface area contributed by atoms with E-state index in [-0.39, 0.29) is 35.8 Å². The minimum atomic E-state index is -0.593. The van der Waals surface area contributed by atoms with Crippen molar-refractivity contribution >= 4 is 47.4 Å². The van der Waals surface area contributed by atoms with E-state index in [4.69, 9.17) is 21.8 Å². The van der Waals surface area contributed by atoms with Crippen LogP contribution < -0.4 is 16.4 Å². The smallest absolute Gasteiger partial charge is 0.284 e. The third-order valence-corrected chi connectivity index (χ3v) is 3.58. The number of hydrogen-bond donors (Lipinski definition) is 3. The molecule has 1 aromatic heterocycles.